The van der Waals surface area contributed by atoms with Crippen molar-refractivity contribution in [3.8, 4) is 12.3 Å². The molecule has 0 bridgehead atoms. The Morgan fingerprint density at radius 2 is 2.09 bits per heavy atom. The number of nitrogens with zero attached hydrogens (tertiary/aromatic N) is 2. The minimum atomic E-state index is -0.495. The highest BCUT2D eigenvalue weighted by Crippen LogP contribution is 2.18. The second-order valence-electron chi connectivity index (χ2n) is 4.96. The summed E-state index contributed by atoms with van der Waals surface area (Å²) in [6.07, 6.45) is 6.44. The lowest BCUT2D eigenvalue weighted by Crippen LogP contribution is -2.16. The van der Waals surface area contributed by atoms with Crippen LogP contribution in [-0.2, 0) is 4.74 Å². The molecule has 0 saturated heterocycles. The molecule has 6 nitrogen and oxygen atoms in total. The fourth-order valence-corrected chi connectivity index (χ4v) is 1.79. The Balaban J connectivity index is 2.26. The van der Waals surface area contributed by atoms with E-state index < -0.39 is 5.97 Å². The van der Waals surface area contributed by atoms with Crippen molar-refractivity contribution in [3.05, 3.63) is 42.1 Å². The van der Waals surface area contributed by atoms with Gasteiger partial charge in [-0.15, -0.1) is 6.42 Å². The maximum absolute atomic E-state index is 12.1. The molecule has 0 atom stereocenters. The summed E-state index contributed by atoms with van der Waals surface area (Å²) in [6.45, 7) is 3.79. The highest BCUT2D eigenvalue weighted by atomic mass is 16.5. The maximum atomic E-state index is 12.1. The molecule has 6 heteroatoms. The third-order valence-corrected chi connectivity index (χ3v) is 2.74. The summed E-state index contributed by atoms with van der Waals surface area (Å²) in [5.74, 6) is 2.65. The third-order valence-electron chi connectivity index (χ3n) is 2.74. The summed E-state index contributed by atoms with van der Waals surface area (Å²) >= 11 is 0. The lowest BCUT2D eigenvalue weighted by Gasteiger charge is -2.13. The van der Waals surface area contributed by atoms with Gasteiger partial charge in [-0.3, -0.25) is 0 Å². The minimum absolute atomic E-state index is 0.231. The van der Waals surface area contributed by atoms with Gasteiger partial charge in [-0.2, -0.15) is 4.98 Å². The molecule has 23 heavy (non-hydrogen) atoms. The van der Waals surface area contributed by atoms with Crippen LogP contribution < -0.4 is 10.6 Å². The molecule has 1 aromatic heterocycles. The van der Waals surface area contributed by atoms with Gasteiger partial charge in [-0.1, -0.05) is 24.1 Å². The van der Waals surface area contributed by atoms with Crippen molar-refractivity contribution >= 4 is 23.4 Å². The number of anilines is 3. The number of para-hydroxylation sites is 1. The predicted octanol–water partition coefficient (Wildman–Crippen LogP) is 2.83. The van der Waals surface area contributed by atoms with E-state index in [1.165, 1.54) is 6.20 Å². The van der Waals surface area contributed by atoms with Gasteiger partial charge in [0.15, 0.2) is 0 Å². The van der Waals surface area contributed by atoms with Gasteiger partial charge < -0.3 is 15.4 Å². The molecule has 0 aliphatic carbocycles. The van der Waals surface area contributed by atoms with Crippen LogP contribution in [0.2, 0.25) is 0 Å². The Bertz CT molecular complexity index is 708. The standard InChI is InChI=1S/C17H18N4O2/c1-4-10-18-15-14(16(22)23-12(2)3)11-19-17(21-15)20-13-8-6-5-7-9-13/h1,5-9,11-12H,10H2,2-3H3,(H2,18,19,20,21). The molecule has 0 amide bonds. The highest BCUT2D eigenvalue weighted by Gasteiger charge is 2.17. The number of ether oxygens (including phenoxy) is 1. The van der Waals surface area contributed by atoms with Crippen LogP contribution in [0.4, 0.5) is 17.5 Å². The smallest absolute Gasteiger partial charge is 0.343 e. The second-order valence-corrected chi connectivity index (χ2v) is 4.96. The number of esters is 1. The summed E-state index contributed by atoms with van der Waals surface area (Å²) in [5.41, 5.74) is 1.08. The van der Waals surface area contributed by atoms with Crippen LogP contribution in [0.3, 0.4) is 0 Å². The van der Waals surface area contributed by atoms with Crippen LogP contribution in [0.1, 0.15) is 24.2 Å². The van der Waals surface area contributed by atoms with Crippen LogP contribution in [0, 0.1) is 12.3 Å². The largest absolute Gasteiger partial charge is 0.459 e. The van der Waals surface area contributed by atoms with E-state index in [1.807, 2.05) is 30.3 Å². The molecule has 0 spiro atoms. The van der Waals surface area contributed by atoms with E-state index in [0.717, 1.165) is 5.69 Å². The summed E-state index contributed by atoms with van der Waals surface area (Å²) in [7, 11) is 0. The van der Waals surface area contributed by atoms with E-state index in [-0.39, 0.29) is 18.2 Å². The van der Waals surface area contributed by atoms with Crippen molar-refractivity contribution in [1.82, 2.24) is 9.97 Å². The molecule has 0 radical (unpaired) electrons. The van der Waals surface area contributed by atoms with Gasteiger partial charge in [0.05, 0.1) is 12.6 Å². The first kappa shape index (κ1) is 16.3. The van der Waals surface area contributed by atoms with Gasteiger partial charge >= 0.3 is 5.97 Å². The Morgan fingerprint density at radius 1 is 1.35 bits per heavy atom. The highest BCUT2D eigenvalue weighted by molar-refractivity contribution is 5.94. The Labute approximate surface area is 135 Å². The van der Waals surface area contributed by atoms with Gasteiger partial charge in [-0.25, -0.2) is 9.78 Å². The second kappa shape index (κ2) is 7.80. The molecule has 118 valence electrons. The van der Waals surface area contributed by atoms with E-state index >= 15 is 0 Å². The van der Waals surface area contributed by atoms with Gasteiger partial charge in [0.2, 0.25) is 5.95 Å². The molecule has 0 fully saturated rings. The molecule has 2 aromatic rings. The van der Waals surface area contributed by atoms with Gasteiger partial charge in [0, 0.05) is 11.9 Å². The molecule has 1 aromatic carbocycles. The van der Waals surface area contributed by atoms with Crippen molar-refractivity contribution in [1.29, 1.82) is 0 Å². The molecular formula is C17H18N4O2. The average Bonchev–Trinajstić information content (AvgIpc) is 2.53. The molecule has 0 aliphatic heterocycles. The number of hydrogen-bond acceptors (Lipinski definition) is 6. The van der Waals surface area contributed by atoms with Crippen LogP contribution >= 0.6 is 0 Å². The number of carbonyl (C=O) groups is 1. The maximum Gasteiger partial charge on any atom is 0.343 e. The van der Waals surface area contributed by atoms with Gasteiger partial charge in [-0.05, 0) is 26.0 Å². The van der Waals surface area contributed by atoms with E-state index in [0.29, 0.717) is 11.8 Å². The predicted molar refractivity (Wildman–Crippen MR) is 89.6 cm³/mol. The van der Waals surface area contributed by atoms with Crippen molar-refractivity contribution in [2.45, 2.75) is 20.0 Å². The number of hydrogen-bond donors (Lipinski definition) is 2. The zero-order valence-electron chi connectivity index (χ0n) is 13.0. The number of aromatic nitrogens is 2. The number of rotatable bonds is 6. The van der Waals surface area contributed by atoms with Crippen molar-refractivity contribution in [3.63, 3.8) is 0 Å². The van der Waals surface area contributed by atoms with Crippen molar-refractivity contribution in [2.24, 2.45) is 0 Å². The zero-order valence-corrected chi connectivity index (χ0v) is 13.0. The third kappa shape index (κ3) is 4.71. The monoisotopic (exact) mass is 310 g/mol. The number of benzene rings is 1. The SMILES string of the molecule is C#CCNc1nc(Nc2ccccc2)ncc1C(=O)OC(C)C. The first-order valence-corrected chi connectivity index (χ1v) is 7.17. The van der Waals surface area contributed by atoms with E-state index in [9.17, 15) is 4.79 Å². The minimum Gasteiger partial charge on any atom is -0.459 e. The van der Waals surface area contributed by atoms with E-state index in [4.69, 9.17) is 11.2 Å². The van der Waals surface area contributed by atoms with Crippen LogP contribution in [0.15, 0.2) is 36.5 Å². The van der Waals surface area contributed by atoms with Crippen molar-refractivity contribution in [2.75, 3.05) is 17.2 Å². The first-order chi connectivity index (χ1) is 11.1. The zero-order chi connectivity index (χ0) is 16.7. The molecule has 2 rings (SSSR count). The van der Waals surface area contributed by atoms with Crippen LogP contribution in [-0.4, -0.2) is 28.6 Å². The Hall–Kier alpha value is -3.07. The molecular weight excluding hydrogens is 292 g/mol. The molecule has 0 unspecified atom stereocenters. The van der Waals surface area contributed by atoms with Crippen molar-refractivity contribution < 1.29 is 9.53 Å². The van der Waals surface area contributed by atoms with E-state index in [1.54, 1.807) is 13.8 Å². The Kier molecular flexibility index (Phi) is 5.53. The van der Waals surface area contributed by atoms with Gasteiger partial charge in [0.1, 0.15) is 11.4 Å². The fourth-order valence-electron chi connectivity index (χ4n) is 1.79. The first-order valence-electron chi connectivity index (χ1n) is 7.17. The topological polar surface area (TPSA) is 76.1 Å². The number of carbonyl (C=O) groups excluding carboxylic acids is 1. The summed E-state index contributed by atoms with van der Waals surface area (Å²) < 4.78 is 5.18. The lowest BCUT2D eigenvalue weighted by molar-refractivity contribution is 0.0378. The quantitative estimate of drug-likeness (QED) is 0.631. The molecule has 1 heterocycles. The van der Waals surface area contributed by atoms with Crippen LogP contribution in [0.25, 0.3) is 0 Å². The fraction of sp³-hybridized carbons (Fsp3) is 0.235. The molecule has 0 saturated carbocycles. The summed E-state index contributed by atoms with van der Waals surface area (Å²) in [5, 5.41) is 5.98. The summed E-state index contributed by atoms with van der Waals surface area (Å²) in [4.78, 5) is 20.6. The normalized spacial score (nSPS) is 10.0. The Morgan fingerprint density at radius 3 is 2.74 bits per heavy atom. The van der Waals surface area contributed by atoms with Gasteiger partial charge in [0.25, 0.3) is 0 Å². The van der Waals surface area contributed by atoms with E-state index in [2.05, 4.69) is 26.5 Å². The lowest BCUT2D eigenvalue weighted by atomic mass is 10.3. The summed E-state index contributed by atoms with van der Waals surface area (Å²) in [6, 6.07) is 9.48. The average molecular weight is 310 g/mol. The number of nitrogens with one attached hydrogen (secondary N) is 2. The van der Waals surface area contributed by atoms with Crippen LogP contribution in [0.5, 0.6) is 0 Å². The number of terminal acetylenes is 1. The molecule has 0 aliphatic rings. The molecule has 2 N–H and O–H groups in total.